The van der Waals surface area contributed by atoms with Gasteiger partial charge in [0, 0.05) is 63.6 Å². The third kappa shape index (κ3) is 6.89. The molecule has 4 aliphatic heterocycles. The van der Waals surface area contributed by atoms with Gasteiger partial charge in [0.15, 0.2) is 0 Å². The Balaban J connectivity index is 0.835. The van der Waals surface area contributed by atoms with Gasteiger partial charge in [0.1, 0.15) is 23.2 Å². The Bertz CT molecular complexity index is 3730. The summed E-state index contributed by atoms with van der Waals surface area (Å²) < 4.78 is 14.6. The summed E-state index contributed by atoms with van der Waals surface area (Å²) in [5, 5.41) is 10.9. The molecule has 372 valence electrons. The second-order valence-corrected chi connectivity index (χ2v) is 22.2. The molecule has 0 saturated heterocycles. The maximum atomic E-state index is 7.31. The largest absolute Gasteiger partial charge is 0.666 e. The van der Waals surface area contributed by atoms with Gasteiger partial charge in [-0.15, -0.1) is 5.70 Å². The van der Waals surface area contributed by atoms with Gasteiger partial charge in [0.25, 0.3) is 0 Å². The highest BCUT2D eigenvalue weighted by Gasteiger charge is 2.49. The summed E-state index contributed by atoms with van der Waals surface area (Å²) in [7, 11) is 0. The zero-order valence-electron chi connectivity index (χ0n) is 42.5. The summed E-state index contributed by atoms with van der Waals surface area (Å²) in [6.07, 6.45) is 42.1. The SMILES string of the molecule is C1=CCC2C(=C1)C1=C(C3c4cccc(C5C=CC(C6CC=Cc7c6oc6ccc8c(c76)N(c6ccccc6)C6CC=CCC86)=C(C6=CC(c7ccccc7)NC(c7ccccc7)[N-]6)C5)c4OC3C=C1)N2C1=CCCC=C1. The van der Waals surface area contributed by atoms with E-state index in [4.69, 9.17) is 14.5 Å². The zero-order chi connectivity index (χ0) is 49.8. The molecule has 6 aliphatic carbocycles. The fourth-order valence-electron chi connectivity index (χ4n) is 14.8. The van der Waals surface area contributed by atoms with Crippen LogP contribution in [0.15, 0.2) is 250 Å². The molecule has 9 unspecified atom stereocenters. The average molecular weight is 988 g/mol. The highest BCUT2D eigenvalue weighted by molar-refractivity contribution is 6.04. The molecule has 6 heteroatoms. The molecule has 10 aliphatic rings. The molecule has 0 spiro atoms. The Labute approximate surface area is 445 Å². The summed E-state index contributed by atoms with van der Waals surface area (Å²) in [6, 6.07) is 44.9. The monoisotopic (exact) mass is 987 g/mol. The molecule has 9 atom stereocenters. The van der Waals surface area contributed by atoms with Crippen molar-refractivity contribution < 1.29 is 9.15 Å². The van der Waals surface area contributed by atoms with Crippen LogP contribution in [0.5, 0.6) is 5.75 Å². The molecule has 1 N–H and O–H groups in total. The molecule has 6 aromatic rings. The van der Waals surface area contributed by atoms with Crippen LogP contribution in [0.4, 0.5) is 11.4 Å². The number of rotatable bonds is 7. The van der Waals surface area contributed by atoms with Gasteiger partial charge in [0.2, 0.25) is 0 Å². The fraction of sp³-hybridized carbons (Fsp3) is 0.229. The van der Waals surface area contributed by atoms with Crippen molar-refractivity contribution in [3.63, 3.8) is 0 Å². The molecule has 5 heterocycles. The van der Waals surface area contributed by atoms with Gasteiger partial charge in [-0.25, -0.2) is 0 Å². The van der Waals surface area contributed by atoms with Crippen LogP contribution in [-0.4, -0.2) is 23.1 Å². The summed E-state index contributed by atoms with van der Waals surface area (Å²) in [4.78, 5) is 5.31. The zero-order valence-corrected chi connectivity index (χ0v) is 42.5. The van der Waals surface area contributed by atoms with E-state index in [1.54, 1.807) is 0 Å². The number of nitrogens with one attached hydrogen (secondary N) is 1. The van der Waals surface area contributed by atoms with Crippen molar-refractivity contribution in [2.75, 3.05) is 4.90 Å². The standard InChI is InChI=1S/C70H59N4O2/c1-5-19-43(20-6-1)58-42-59(72-70(71-58)44-21-7-2-8-22-44)57-41-45(48-29-17-31-55-64-62(75-68(48)55)39-37-52-50-27-13-15-33-60(50)73(66(52)64)46-23-9-3-10-24-46)35-36-49(57)54-30-18-32-56-65-63(76-69(54)56)40-38-53-51-28-14-16-34-61(51)74(67(53)65)47-25-11-4-12-26-47/h1-2,4-9,11-27,29,31-32,35-40,42,45,51,54,58,60-62,64,70-71H,3,10,28,30,33-34,41H2/q-1. The van der Waals surface area contributed by atoms with Crippen molar-refractivity contribution >= 4 is 28.4 Å². The van der Waals surface area contributed by atoms with Gasteiger partial charge >= 0.3 is 0 Å². The number of para-hydroxylation sites is 2. The van der Waals surface area contributed by atoms with Crippen molar-refractivity contribution in [2.45, 2.75) is 99.0 Å². The van der Waals surface area contributed by atoms with Gasteiger partial charge in [-0.05, 0) is 115 Å². The average Bonchev–Trinajstić information content (AvgIpc) is 4.32. The van der Waals surface area contributed by atoms with E-state index in [9.17, 15) is 0 Å². The number of fused-ring (bicyclic) bond motifs is 13. The van der Waals surface area contributed by atoms with Crippen LogP contribution < -0.4 is 15.0 Å². The highest BCUT2D eigenvalue weighted by atomic mass is 16.5. The van der Waals surface area contributed by atoms with Crippen LogP contribution in [0.3, 0.4) is 0 Å². The highest BCUT2D eigenvalue weighted by Crippen LogP contribution is 2.59. The van der Waals surface area contributed by atoms with Gasteiger partial charge < -0.3 is 29.6 Å². The Morgan fingerprint density at radius 3 is 2.34 bits per heavy atom. The number of nitrogens with zero attached hydrogens (tertiary/aromatic N) is 3. The maximum Gasteiger partial charge on any atom is 0.137 e. The van der Waals surface area contributed by atoms with E-state index in [-0.39, 0.29) is 36.1 Å². The number of hydrogen-bond acceptors (Lipinski definition) is 5. The normalized spacial score (nSPS) is 28.2. The Morgan fingerprint density at radius 1 is 0.658 bits per heavy atom. The molecule has 0 saturated carbocycles. The molecule has 5 aromatic carbocycles. The van der Waals surface area contributed by atoms with Gasteiger partial charge in [0.05, 0.1) is 23.0 Å². The third-order valence-corrected chi connectivity index (χ3v) is 18.2. The van der Waals surface area contributed by atoms with E-state index >= 15 is 0 Å². The molecule has 0 bridgehead atoms. The number of benzene rings is 5. The maximum absolute atomic E-state index is 7.31. The van der Waals surface area contributed by atoms with Crippen LogP contribution in [0.2, 0.25) is 0 Å². The van der Waals surface area contributed by atoms with Crippen molar-refractivity contribution in [3.05, 3.63) is 290 Å². The molecule has 0 radical (unpaired) electrons. The first-order valence-electron chi connectivity index (χ1n) is 27.9. The lowest BCUT2D eigenvalue weighted by atomic mass is 9.75. The van der Waals surface area contributed by atoms with E-state index in [0.29, 0.717) is 18.0 Å². The van der Waals surface area contributed by atoms with Crippen LogP contribution in [0, 0.1) is 0 Å². The lowest BCUT2D eigenvalue weighted by molar-refractivity contribution is 0.242. The Morgan fingerprint density at radius 2 is 1.49 bits per heavy atom. The first kappa shape index (κ1) is 44.3. The molecular formula is C70H59N4O2-. The van der Waals surface area contributed by atoms with Crippen molar-refractivity contribution in [1.29, 1.82) is 0 Å². The summed E-state index contributed by atoms with van der Waals surface area (Å²) in [5.41, 5.74) is 20.2. The van der Waals surface area contributed by atoms with Gasteiger partial charge in [-0.2, -0.15) is 0 Å². The first-order valence-corrected chi connectivity index (χ1v) is 27.9. The third-order valence-electron chi connectivity index (χ3n) is 18.2. The minimum atomic E-state index is -0.235. The molecule has 6 nitrogen and oxygen atoms in total. The molecule has 76 heavy (non-hydrogen) atoms. The predicted octanol–water partition coefficient (Wildman–Crippen LogP) is 16.7. The lowest BCUT2D eigenvalue weighted by Crippen LogP contribution is -2.34. The van der Waals surface area contributed by atoms with Gasteiger partial charge in [-0.1, -0.05) is 188 Å². The van der Waals surface area contributed by atoms with Crippen LogP contribution in [0.25, 0.3) is 22.4 Å². The second kappa shape index (κ2) is 17.8. The van der Waals surface area contributed by atoms with E-state index in [2.05, 4.69) is 228 Å². The van der Waals surface area contributed by atoms with Crippen molar-refractivity contribution in [3.8, 4) is 5.75 Å². The predicted molar refractivity (Wildman–Crippen MR) is 306 cm³/mol. The Kier molecular flexibility index (Phi) is 10.4. The quantitative estimate of drug-likeness (QED) is 0.162. The second-order valence-electron chi connectivity index (χ2n) is 22.2. The van der Waals surface area contributed by atoms with E-state index in [0.717, 1.165) is 73.3 Å². The number of furan rings is 1. The van der Waals surface area contributed by atoms with Crippen LogP contribution in [0.1, 0.15) is 120 Å². The minimum absolute atomic E-state index is 0.0120. The summed E-state index contributed by atoms with van der Waals surface area (Å²) in [5.74, 6) is 2.65. The van der Waals surface area contributed by atoms with Crippen molar-refractivity contribution in [1.82, 2.24) is 10.2 Å². The van der Waals surface area contributed by atoms with E-state index in [1.165, 1.54) is 78.3 Å². The van der Waals surface area contributed by atoms with Gasteiger partial charge in [-0.3, -0.25) is 0 Å². The first-order chi connectivity index (χ1) is 37.7. The lowest BCUT2D eigenvalue weighted by Gasteiger charge is -2.46. The number of ether oxygens (including phenoxy) is 1. The number of anilines is 2. The van der Waals surface area contributed by atoms with Crippen LogP contribution in [-0.2, 0) is 0 Å². The van der Waals surface area contributed by atoms with Crippen molar-refractivity contribution in [2.24, 2.45) is 0 Å². The minimum Gasteiger partial charge on any atom is -0.666 e. The molecule has 1 aromatic heterocycles. The molecular weight excluding hydrogens is 929 g/mol. The molecule has 0 amide bonds. The molecule has 0 fully saturated rings. The Hall–Kier alpha value is -8.06. The summed E-state index contributed by atoms with van der Waals surface area (Å²) in [6.45, 7) is 0. The smallest absolute Gasteiger partial charge is 0.137 e. The number of hydrogen-bond donors (Lipinski definition) is 1. The van der Waals surface area contributed by atoms with E-state index in [1.807, 2.05) is 0 Å². The topological polar surface area (TPSA) is 55.0 Å². The summed E-state index contributed by atoms with van der Waals surface area (Å²) >= 11 is 0. The van der Waals surface area contributed by atoms with Crippen LogP contribution >= 0.6 is 0 Å². The fourth-order valence-corrected chi connectivity index (χ4v) is 14.8. The van der Waals surface area contributed by atoms with E-state index < -0.39 is 0 Å². The molecule has 16 rings (SSSR count). The number of allylic oxidation sites excluding steroid dienone is 12.